The Hall–Kier alpha value is -2.44. The van der Waals surface area contributed by atoms with Gasteiger partial charge in [0.05, 0.1) is 24.8 Å². The zero-order chi connectivity index (χ0) is 25.1. The number of amides is 1. The van der Waals surface area contributed by atoms with Crippen molar-refractivity contribution in [3.63, 3.8) is 0 Å². The van der Waals surface area contributed by atoms with Gasteiger partial charge in [-0.25, -0.2) is 4.39 Å². The van der Waals surface area contributed by atoms with E-state index in [1.165, 1.54) is 57.8 Å². The Morgan fingerprint density at radius 1 is 1.03 bits per heavy atom. The molecule has 194 valence electrons. The molecular weight excluding hydrogens is 455 g/mol. The SMILES string of the molecule is CC1(CN2CCC(COc3ccc(-c4ccc(C(=O)N5CCC[C@@H]5CO)c(F)c4)cc3)CC2)CCC1. The maximum Gasteiger partial charge on any atom is 0.257 e. The molecule has 1 saturated carbocycles. The minimum Gasteiger partial charge on any atom is -0.493 e. The van der Waals surface area contributed by atoms with E-state index in [0.29, 0.717) is 17.9 Å². The Bertz CT molecular complexity index is 1040. The van der Waals surface area contributed by atoms with Crippen LogP contribution in [0.5, 0.6) is 5.75 Å². The quantitative estimate of drug-likeness (QED) is 0.536. The maximum absolute atomic E-state index is 14.9. The molecule has 0 bridgehead atoms. The first kappa shape index (κ1) is 25.2. The molecule has 2 saturated heterocycles. The van der Waals surface area contributed by atoms with Crippen molar-refractivity contribution in [1.82, 2.24) is 9.80 Å². The van der Waals surface area contributed by atoms with Crippen LogP contribution in [0.3, 0.4) is 0 Å². The van der Waals surface area contributed by atoms with Crippen LogP contribution in [0, 0.1) is 17.2 Å². The smallest absolute Gasteiger partial charge is 0.257 e. The zero-order valence-electron chi connectivity index (χ0n) is 21.4. The molecule has 1 aliphatic carbocycles. The molecule has 1 amide bonds. The van der Waals surface area contributed by atoms with E-state index >= 15 is 0 Å². The van der Waals surface area contributed by atoms with Crippen molar-refractivity contribution in [2.75, 3.05) is 39.4 Å². The van der Waals surface area contributed by atoms with E-state index in [1.807, 2.05) is 24.3 Å². The van der Waals surface area contributed by atoms with Crippen molar-refractivity contribution in [2.24, 2.45) is 11.3 Å². The maximum atomic E-state index is 14.9. The summed E-state index contributed by atoms with van der Waals surface area (Å²) in [6.45, 7) is 7.24. The van der Waals surface area contributed by atoms with Gasteiger partial charge < -0.3 is 19.6 Å². The molecule has 1 N–H and O–H groups in total. The number of hydrogen-bond donors (Lipinski definition) is 1. The van der Waals surface area contributed by atoms with E-state index in [0.717, 1.165) is 36.3 Å². The van der Waals surface area contributed by atoms with Gasteiger partial charge in [0.25, 0.3) is 5.91 Å². The fourth-order valence-corrected chi connectivity index (χ4v) is 6.06. The number of ether oxygens (including phenoxy) is 1. The molecule has 2 heterocycles. The number of carbonyl (C=O) groups excluding carboxylic acids is 1. The second-order valence-corrected chi connectivity index (χ2v) is 11.4. The van der Waals surface area contributed by atoms with Crippen molar-refractivity contribution in [2.45, 2.75) is 57.9 Å². The monoisotopic (exact) mass is 494 g/mol. The zero-order valence-corrected chi connectivity index (χ0v) is 21.4. The summed E-state index contributed by atoms with van der Waals surface area (Å²) in [4.78, 5) is 17.0. The Morgan fingerprint density at radius 2 is 1.75 bits per heavy atom. The third kappa shape index (κ3) is 5.60. The Morgan fingerprint density at radius 3 is 2.39 bits per heavy atom. The highest BCUT2D eigenvalue weighted by Gasteiger charge is 2.34. The number of nitrogens with zero attached hydrogens (tertiary/aromatic N) is 2. The standard InChI is InChI=1S/C30H39FN2O3/c1-30(13-3-14-30)21-32-16-11-22(12-17-32)20-36-26-8-5-23(6-9-26)24-7-10-27(28(31)18-24)29(35)33-15-2-4-25(33)19-34/h5-10,18,22,25,34H,2-4,11-17,19-21H2,1H3/t25-/m1/s1. The van der Waals surface area contributed by atoms with Gasteiger partial charge in [0, 0.05) is 13.1 Å². The lowest BCUT2D eigenvalue weighted by Gasteiger charge is -2.44. The summed E-state index contributed by atoms with van der Waals surface area (Å²) in [5, 5.41) is 9.49. The number of halogens is 1. The number of aliphatic hydroxyl groups is 1. The Balaban J connectivity index is 1.13. The van der Waals surface area contributed by atoms with Crippen molar-refractivity contribution >= 4 is 5.91 Å². The highest BCUT2D eigenvalue weighted by molar-refractivity contribution is 5.95. The van der Waals surface area contributed by atoms with Gasteiger partial charge >= 0.3 is 0 Å². The summed E-state index contributed by atoms with van der Waals surface area (Å²) < 4.78 is 21.0. The van der Waals surface area contributed by atoms with Crippen LogP contribution in [0.1, 0.15) is 62.2 Å². The van der Waals surface area contributed by atoms with Crippen LogP contribution in [-0.4, -0.2) is 66.2 Å². The van der Waals surface area contributed by atoms with Crippen LogP contribution < -0.4 is 4.74 Å². The topological polar surface area (TPSA) is 53.0 Å². The largest absolute Gasteiger partial charge is 0.493 e. The molecule has 0 spiro atoms. The average molecular weight is 495 g/mol. The molecule has 0 radical (unpaired) electrons. The summed E-state index contributed by atoms with van der Waals surface area (Å²) in [6, 6.07) is 12.3. The second-order valence-electron chi connectivity index (χ2n) is 11.4. The van der Waals surface area contributed by atoms with Gasteiger partial charge in [0.15, 0.2) is 0 Å². The van der Waals surface area contributed by atoms with E-state index in [-0.39, 0.29) is 24.1 Å². The number of piperidine rings is 1. The first-order valence-corrected chi connectivity index (χ1v) is 13.6. The molecule has 2 aliphatic heterocycles. The minimum absolute atomic E-state index is 0.0619. The lowest BCUT2D eigenvalue weighted by Crippen LogP contribution is -2.44. The number of benzene rings is 2. The minimum atomic E-state index is -0.529. The number of rotatable bonds is 8. The van der Waals surface area contributed by atoms with Gasteiger partial charge in [0.2, 0.25) is 0 Å². The average Bonchev–Trinajstić information content (AvgIpc) is 3.36. The van der Waals surface area contributed by atoms with Gasteiger partial charge in [-0.1, -0.05) is 31.5 Å². The first-order valence-electron chi connectivity index (χ1n) is 13.6. The van der Waals surface area contributed by atoms with E-state index < -0.39 is 5.82 Å². The predicted octanol–water partition coefficient (Wildman–Crippen LogP) is 5.37. The molecule has 1 atom stereocenters. The second kappa shape index (κ2) is 10.9. The summed E-state index contributed by atoms with van der Waals surface area (Å²) in [6.07, 6.45) is 8.13. The van der Waals surface area contributed by atoms with Crippen molar-refractivity contribution in [1.29, 1.82) is 0 Å². The van der Waals surface area contributed by atoms with Gasteiger partial charge in [-0.2, -0.15) is 0 Å². The molecule has 5 nitrogen and oxygen atoms in total. The van der Waals surface area contributed by atoms with Gasteiger partial charge in [0.1, 0.15) is 11.6 Å². The molecule has 6 heteroatoms. The Labute approximate surface area is 214 Å². The fourth-order valence-electron chi connectivity index (χ4n) is 6.06. The summed E-state index contributed by atoms with van der Waals surface area (Å²) in [5.41, 5.74) is 2.23. The molecule has 2 aromatic carbocycles. The van der Waals surface area contributed by atoms with Crippen molar-refractivity contribution < 1.29 is 19.0 Å². The van der Waals surface area contributed by atoms with E-state index in [4.69, 9.17) is 4.74 Å². The van der Waals surface area contributed by atoms with E-state index in [9.17, 15) is 14.3 Å². The number of likely N-dealkylation sites (tertiary alicyclic amines) is 2. The molecule has 3 fully saturated rings. The summed E-state index contributed by atoms with van der Waals surface area (Å²) in [5.74, 6) is 0.552. The number of hydrogen-bond acceptors (Lipinski definition) is 4. The van der Waals surface area contributed by atoms with Crippen LogP contribution in [0.25, 0.3) is 11.1 Å². The lowest BCUT2D eigenvalue weighted by molar-refractivity contribution is 0.0564. The molecular formula is C30H39FN2O3. The van der Waals surface area contributed by atoms with Crippen LogP contribution in [-0.2, 0) is 0 Å². The third-order valence-electron chi connectivity index (χ3n) is 8.59. The number of aliphatic hydroxyl groups excluding tert-OH is 1. The normalized spacial score (nSPS) is 22.4. The molecule has 36 heavy (non-hydrogen) atoms. The Kier molecular flexibility index (Phi) is 7.63. The van der Waals surface area contributed by atoms with Crippen LogP contribution in [0.2, 0.25) is 0 Å². The van der Waals surface area contributed by atoms with Gasteiger partial charge in [-0.3, -0.25) is 4.79 Å². The first-order chi connectivity index (χ1) is 17.4. The van der Waals surface area contributed by atoms with Gasteiger partial charge in [-0.15, -0.1) is 0 Å². The highest BCUT2D eigenvalue weighted by Crippen LogP contribution is 2.41. The van der Waals surface area contributed by atoms with Crippen LogP contribution >= 0.6 is 0 Å². The third-order valence-corrected chi connectivity index (χ3v) is 8.59. The molecule has 0 unspecified atom stereocenters. The van der Waals surface area contributed by atoms with Gasteiger partial charge in [-0.05, 0) is 98.3 Å². The fraction of sp³-hybridized carbons (Fsp3) is 0.567. The van der Waals surface area contributed by atoms with Crippen molar-refractivity contribution in [3.05, 3.63) is 53.8 Å². The molecule has 5 rings (SSSR count). The molecule has 0 aromatic heterocycles. The molecule has 3 aliphatic rings. The lowest BCUT2D eigenvalue weighted by atomic mass is 9.70. The van der Waals surface area contributed by atoms with Crippen LogP contribution in [0.4, 0.5) is 4.39 Å². The van der Waals surface area contributed by atoms with Crippen molar-refractivity contribution in [3.8, 4) is 16.9 Å². The highest BCUT2D eigenvalue weighted by atomic mass is 19.1. The van der Waals surface area contributed by atoms with E-state index in [2.05, 4.69) is 11.8 Å². The van der Waals surface area contributed by atoms with Crippen LogP contribution in [0.15, 0.2) is 42.5 Å². The predicted molar refractivity (Wildman–Crippen MR) is 140 cm³/mol. The summed E-state index contributed by atoms with van der Waals surface area (Å²) >= 11 is 0. The summed E-state index contributed by atoms with van der Waals surface area (Å²) in [7, 11) is 0. The van der Waals surface area contributed by atoms with E-state index in [1.54, 1.807) is 17.0 Å². The molecule has 2 aromatic rings. The number of carbonyl (C=O) groups is 1.